The zero-order chi connectivity index (χ0) is 15.4. The maximum atomic E-state index is 8.82. The Hall–Kier alpha value is -3.26. The highest BCUT2D eigenvalue weighted by atomic mass is 15.1. The molecule has 106 valence electrons. The van der Waals surface area contributed by atoms with E-state index in [1.807, 2.05) is 61.6 Å². The minimum absolute atomic E-state index is 0.265. The van der Waals surface area contributed by atoms with E-state index in [2.05, 4.69) is 20.3 Å². The third-order valence-corrected chi connectivity index (χ3v) is 3.17. The first-order valence-corrected chi connectivity index (χ1v) is 6.79. The average Bonchev–Trinajstić information content (AvgIpc) is 2.56. The molecule has 0 saturated heterocycles. The summed E-state index contributed by atoms with van der Waals surface area (Å²) < 4.78 is 0. The quantitative estimate of drug-likeness (QED) is 0.590. The maximum Gasteiger partial charge on any atom is 0.237 e. The summed E-state index contributed by atoms with van der Waals surface area (Å²) in [7, 11) is 0. The van der Waals surface area contributed by atoms with Gasteiger partial charge in [-0.25, -0.2) is 9.97 Å². The van der Waals surface area contributed by atoms with Gasteiger partial charge in [-0.3, -0.25) is 10.3 Å². The smallest absolute Gasteiger partial charge is 0.237 e. The Kier molecular flexibility index (Phi) is 3.75. The van der Waals surface area contributed by atoms with Gasteiger partial charge in [0.05, 0.1) is 17.1 Å². The van der Waals surface area contributed by atoms with E-state index in [0.29, 0.717) is 5.69 Å². The fourth-order valence-electron chi connectivity index (χ4n) is 2.07. The number of rotatable bonds is 3. The summed E-state index contributed by atoms with van der Waals surface area (Å²) in [6.45, 7) is 2.03. The van der Waals surface area contributed by atoms with Crippen LogP contribution in [-0.2, 0) is 0 Å². The second-order valence-electron chi connectivity index (χ2n) is 4.78. The number of hydrogen-bond donors (Lipinski definition) is 1. The molecule has 0 spiro atoms. The summed E-state index contributed by atoms with van der Waals surface area (Å²) in [6, 6.07) is 15.5. The Labute approximate surface area is 128 Å². The molecule has 3 aromatic rings. The number of pyridine rings is 1. The lowest BCUT2D eigenvalue weighted by molar-refractivity contribution is 1.15. The fraction of sp³-hybridized carbons (Fsp3) is 0.0588. The van der Waals surface area contributed by atoms with Gasteiger partial charge in [0, 0.05) is 11.8 Å². The lowest BCUT2D eigenvalue weighted by atomic mass is 10.1. The molecule has 0 unspecified atom stereocenters. The van der Waals surface area contributed by atoms with Gasteiger partial charge in [0.1, 0.15) is 0 Å². The van der Waals surface area contributed by atoms with Gasteiger partial charge in [0.15, 0.2) is 6.19 Å². The van der Waals surface area contributed by atoms with Crippen LogP contribution in [0, 0.1) is 18.4 Å². The molecule has 3 rings (SSSR count). The first kappa shape index (κ1) is 13.7. The highest BCUT2D eigenvalue weighted by Gasteiger charge is 2.09. The van der Waals surface area contributed by atoms with Crippen LogP contribution in [0.4, 0.5) is 5.95 Å². The summed E-state index contributed by atoms with van der Waals surface area (Å²) in [5.74, 6) is 0.265. The van der Waals surface area contributed by atoms with Crippen molar-refractivity contribution in [2.75, 3.05) is 5.32 Å². The number of anilines is 1. The van der Waals surface area contributed by atoms with E-state index in [-0.39, 0.29) is 5.95 Å². The predicted molar refractivity (Wildman–Crippen MR) is 84.7 cm³/mol. The van der Waals surface area contributed by atoms with Gasteiger partial charge in [-0.1, -0.05) is 35.9 Å². The zero-order valence-corrected chi connectivity index (χ0v) is 12.0. The van der Waals surface area contributed by atoms with Crippen molar-refractivity contribution in [1.82, 2.24) is 15.0 Å². The SMILES string of the molecule is Cc1ccc(-c2cc(-c3ccccn3)nc(NC#N)n2)cc1. The van der Waals surface area contributed by atoms with Gasteiger partial charge in [-0.2, -0.15) is 5.26 Å². The van der Waals surface area contributed by atoms with Gasteiger partial charge >= 0.3 is 0 Å². The van der Waals surface area contributed by atoms with E-state index in [1.54, 1.807) is 6.20 Å². The van der Waals surface area contributed by atoms with E-state index in [4.69, 9.17) is 5.26 Å². The minimum Gasteiger partial charge on any atom is -0.261 e. The van der Waals surface area contributed by atoms with Crippen LogP contribution in [0.5, 0.6) is 0 Å². The minimum atomic E-state index is 0.265. The molecule has 2 heterocycles. The number of benzene rings is 1. The van der Waals surface area contributed by atoms with Crippen LogP contribution in [0.25, 0.3) is 22.6 Å². The Morgan fingerprint density at radius 3 is 2.41 bits per heavy atom. The standard InChI is InChI=1S/C17H13N5/c1-12-5-7-13(8-6-12)15-10-16(14-4-2-3-9-19-14)22-17(21-15)20-11-18/h2-10H,1H3,(H,20,21,22). The van der Waals surface area contributed by atoms with Crippen molar-refractivity contribution < 1.29 is 0 Å². The molecule has 5 heteroatoms. The third-order valence-electron chi connectivity index (χ3n) is 3.17. The first-order valence-electron chi connectivity index (χ1n) is 6.79. The molecule has 0 amide bonds. The first-order chi connectivity index (χ1) is 10.8. The molecule has 0 bridgehead atoms. The van der Waals surface area contributed by atoms with Crippen molar-refractivity contribution in [3.63, 3.8) is 0 Å². The van der Waals surface area contributed by atoms with Crippen LogP contribution in [0.3, 0.4) is 0 Å². The van der Waals surface area contributed by atoms with Crippen LogP contribution in [0.1, 0.15) is 5.56 Å². The highest BCUT2D eigenvalue weighted by Crippen LogP contribution is 2.24. The molecule has 1 aromatic carbocycles. The normalized spacial score (nSPS) is 10.0. The number of nitrogens with zero attached hydrogens (tertiary/aromatic N) is 4. The van der Waals surface area contributed by atoms with Crippen molar-refractivity contribution in [2.24, 2.45) is 0 Å². The van der Waals surface area contributed by atoms with Gasteiger partial charge in [0.25, 0.3) is 0 Å². The van der Waals surface area contributed by atoms with Crippen molar-refractivity contribution in [3.8, 4) is 28.8 Å². The van der Waals surface area contributed by atoms with Crippen molar-refractivity contribution >= 4 is 5.95 Å². The Morgan fingerprint density at radius 1 is 0.955 bits per heavy atom. The third kappa shape index (κ3) is 2.91. The molecule has 0 aliphatic carbocycles. The topological polar surface area (TPSA) is 74.5 Å². The molecule has 0 saturated carbocycles. The molecule has 0 fully saturated rings. The molecule has 22 heavy (non-hydrogen) atoms. The van der Waals surface area contributed by atoms with Crippen LogP contribution in [0.2, 0.25) is 0 Å². The number of hydrogen-bond acceptors (Lipinski definition) is 5. The van der Waals surface area contributed by atoms with Crippen LogP contribution < -0.4 is 5.32 Å². The fourth-order valence-corrected chi connectivity index (χ4v) is 2.07. The van der Waals surface area contributed by atoms with Crippen LogP contribution >= 0.6 is 0 Å². The highest BCUT2D eigenvalue weighted by molar-refractivity contribution is 5.68. The lowest BCUT2D eigenvalue weighted by Crippen LogP contribution is -2.00. The van der Waals surface area contributed by atoms with Crippen molar-refractivity contribution in [2.45, 2.75) is 6.92 Å². The number of nitrogens with one attached hydrogen (secondary N) is 1. The summed E-state index contributed by atoms with van der Waals surface area (Å²) in [5.41, 5.74) is 4.29. The largest absolute Gasteiger partial charge is 0.261 e. The van der Waals surface area contributed by atoms with E-state index in [1.165, 1.54) is 5.56 Å². The number of aryl methyl sites for hydroxylation is 1. The van der Waals surface area contributed by atoms with E-state index in [0.717, 1.165) is 17.0 Å². The van der Waals surface area contributed by atoms with Gasteiger partial charge in [-0.15, -0.1) is 0 Å². The van der Waals surface area contributed by atoms with E-state index in [9.17, 15) is 0 Å². The molecule has 2 aromatic heterocycles. The number of aromatic nitrogens is 3. The summed E-state index contributed by atoms with van der Waals surface area (Å²) in [4.78, 5) is 13.0. The predicted octanol–water partition coefficient (Wildman–Crippen LogP) is 3.41. The Morgan fingerprint density at radius 2 is 1.73 bits per heavy atom. The Balaban J connectivity index is 2.12. The van der Waals surface area contributed by atoms with Crippen LogP contribution in [-0.4, -0.2) is 15.0 Å². The Bertz CT molecular complexity index is 820. The molecular weight excluding hydrogens is 274 g/mol. The molecule has 0 atom stereocenters. The van der Waals surface area contributed by atoms with Gasteiger partial charge < -0.3 is 0 Å². The molecule has 0 aliphatic rings. The molecular formula is C17H13N5. The van der Waals surface area contributed by atoms with E-state index < -0.39 is 0 Å². The number of nitriles is 1. The second-order valence-corrected chi connectivity index (χ2v) is 4.78. The zero-order valence-electron chi connectivity index (χ0n) is 12.0. The average molecular weight is 287 g/mol. The van der Waals surface area contributed by atoms with Crippen molar-refractivity contribution in [3.05, 3.63) is 60.3 Å². The summed E-state index contributed by atoms with van der Waals surface area (Å²) in [6.07, 6.45) is 3.56. The molecule has 0 aliphatic heterocycles. The molecule has 1 N–H and O–H groups in total. The molecule has 5 nitrogen and oxygen atoms in total. The van der Waals surface area contributed by atoms with Crippen molar-refractivity contribution in [1.29, 1.82) is 5.26 Å². The van der Waals surface area contributed by atoms with Gasteiger partial charge in [-0.05, 0) is 25.1 Å². The summed E-state index contributed by atoms with van der Waals surface area (Å²) >= 11 is 0. The second kappa shape index (κ2) is 6.02. The summed E-state index contributed by atoms with van der Waals surface area (Å²) in [5, 5.41) is 11.3. The maximum absolute atomic E-state index is 8.82. The van der Waals surface area contributed by atoms with E-state index >= 15 is 0 Å². The lowest BCUT2D eigenvalue weighted by Gasteiger charge is -2.07. The molecule has 0 radical (unpaired) electrons. The van der Waals surface area contributed by atoms with Crippen LogP contribution in [0.15, 0.2) is 54.7 Å². The van der Waals surface area contributed by atoms with Gasteiger partial charge in [0.2, 0.25) is 5.95 Å². The monoisotopic (exact) mass is 287 g/mol.